The molecule has 56 heavy (non-hydrogen) atoms. The molecule has 0 unspecified atom stereocenters. The zero-order valence-electron chi connectivity index (χ0n) is 32.5. The number of rotatable bonds is 10. The van der Waals surface area contributed by atoms with Crippen molar-refractivity contribution in [3.05, 3.63) is 228 Å². The van der Waals surface area contributed by atoms with Gasteiger partial charge in [-0.15, -0.1) is 0 Å². The summed E-state index contributed by atoms with van der Waals surface area (Å²) in [6.45, 7) is 8.52. The van der Waals surface area contributed by atoms with Crippen LogP contribution in [0.3, 0.4) is 0 Å². The summed E-state index contributed by atoms with van der Waals surface area (Å²) >= 11 is 0. The molecule has 0 atom stereocenters. The van der Waals surface area contributed by atoms with Gasteiger partial charge in [0.1, 0.15) is 0 Å². The van der Waals surface area contributed by atoms with Gasteiger partial charge in [-0.25, -0.2) is 0 Å². The van der Waals surface area contributed by atoms with Gasteiger partial charge in [0.25, 0.3) is 0 Å². The third kappa shape index (κ3) is 8.11. The molecule has 0 saturated carbocycles. The molecule has 0 aliphatic rings. The third-order valence-corrected chi connectivity index (χ3v) is 10.4. The fourth-order valence-corrected chi connectivity index (χ4v) is 7.14. The number of hydrogen-bond acceptors (Lipinski definition) is 2. The summed E-state index contributed by atoms with van der Waals surface area (Å²) < 4.78 is 0. The van der Waals surface area contributed by atoms with Gasteiger partial charge in [0.15, 0.2) is 0 Å². The molecule has 0 amide bonds. The van der Waals surface area contributed by atoms with Crippen molar-refractivity contribution in [1.29, 1.82) is 0 Å². The first-order chi connectivity index (χ1) is 27.4. The van der Waals surface area contributed by atoms with Crippen molar-refractivity contribution in [2.24, 2.45) is 0 Å². The van der Waals surface area contributed by atoms with Gasteiger partial charge in [-0.3, -0.25) is 0 Å². The maximum atomic E-state index is 2.34. The lowest BCUT2D eigenvalue weighted by molar-refractivity contribution is 1.27. The van der Waals surface area contributed by atoms with Crippen LogP contribution in [0.2, 0.25) is 0 Å². The smallest absolute Gasteiger partial charge is 0.0468 e. The van der Waals surface area contributed by atoms with Crippen LogP contribution in [0.1, 0.15) is 33.4 Å². The quantitative estimate of drug-likeness (QED) is 0.130. The molecule has 0 heterocycles. The van der Waals surface area contributed by atoms with E-state index in [1.54, 1.807) is 0 Å². The second kappa shape index (κ2) is 16.2. The van der Waals surface area contributed by atoms with E-state index in [0.29, 0.717) is 0 Å². The number of nitrogens with zero attached hydrogens (tertiary/aromatic N) is 2. The van der Waals surface area contributed by atoms with Gasteiger partial charge in [-0.05, 0) is 134 Å². The minimum atomic E-state index is 1.12. The SMILES string of the molecule is Cc1ccc(N(c2ccc(C)cc2)c2ccc(-c3ccc(C=Cc4ccc(N(c5ccc(C)cc5)c5ccc(C)cc5)cc4-c4ccccc4)cc3)cc2)cc1. The summed E-state index contributed by atoms with van der Waals surface area (Å²) in [4.78, 5) is 4.65. The third-order valence-electron chi connectivity index (χ3n) is 10.4. The maximum Gasteiger partial charge on any atom is 0.0468 e. The Labute approximate surface area is 332 Å². The highest BCUT2D eigenvalue weighted by atomic mass is 15.1. The zero-order chi connectivity index (χ0) is 38.4. The van der Waals surface area contributed by atoms with E-state index in [1.807, 2.05) is 0 Å². The molecule has 0 aliphatic heterocycles. The molecule has 8 aromatic rings. The molecule has 0 fully saturated rings. The van der Waals surface area contributed by atoms with Crippen LogP contribution in [0.4, 0.5) is 34.1 Å². The van der Waals surface area contributed by atoms with Crippen molar-refractivity contribution in [1.82, 2.24) is 0 Å². The highest BCUT2D eigenvalue weighted by Crippen LogP contribution is 2.39. The van der Waals surface area contributed by atoms with E-state index in [9.17, 15) is 0 Å². The van der Waals surface area contributed by atoms with Crippen LogP contribution in [0, 0.1) is 27.7 Å². The normalized spacial score (nSPS) is 11.1. The Balaban J connectivity index is 1.07. The number of aryl methyl sites for hydroxylation is 4. The van der Waals surface area contributed by atoms with Crippen molar-refractivity contribution in [2.45, 2.75) is 27.7 Å². The Morgan fingerprint density at radius 3 is 1.09 bits per heavy atom. The lowest BCUT2D eigenvalue weighted by atomic mass is 9.97. The molecule has 0 spiro atoms. The average Bonchev–Trinajstić information content (AvgIpc) is 3.24. The highest BCUT2D eigenvalue weighted by Gasteiger charge is 2.16. The lowest BCUT2D eigenvalue weighted by Gasteiger charge is -2.27. The molecule has 0 saturated heterocycles. The van der Waals surface area contributed by atoms with Gasteiger partial charge in [0.2, 0.25) is 0 Å². The topological polar surface area (TPSA) is 6.48 Å². The second-order valence-electron chi connectivity index (χ2n) is 14.7. The van der Waals surface area contributed by atoms with Crippen molar-refractivity contribution in [3.63, 3.8) is 0 Å². The van der Waals surface area contributed by atoms with Gasteiger partial charge in [-0.2, -0.15) is 0 Å². The molecular weight excluding hydrogens is 677 g/mol. The van der Waals surface area contributed by atoms with Gasteiger partial charge in [-0.1, -0.05) is 156 Å². The minimum Gasteiger partial charge on any atom is -0.311 e. The van der Waals surface area contributed by atoms with Crippen LogP contribution in [-0.4, -0.2) is 0 Å². The van der Waals surface area contributed by atoms with E-state index < -0.39 is 0 Å². The number of anilines is 6. The minimum absolute atomic E-state index is 1.12. The molecule has 272 valence electrons. The molecule has 0 N–H and O–H groups in total. The van der Waals surface area contributed by atoms with E-state index in [1.165, 1.54) is 50.1 Å². The van der Waals surface area contributed by atoms with Gasteiger partial charge < -0.3 is 9.80 Å². The second-order valence-corrected chi connectivity index (χ2v) is 14.7. The molecule has 0 bridgehead atoms. The van der Waals surface area contributed by atoms with Crippen LogP contribution in [0.5, 0.6) is 0 Å². The summed E-state index contributed by atoms with van der Waals surface area (Å²) in [6.07, 6.45) is 4.45. The first kappa shape index (κ1) is 36.1. The summed E-state index contributed by atoms with van der Waals surface area (Å²) in [5.41, 5.74) is 18.8. The average molecular weight is 723 g/mol. The predicted molar refractivity (Wildman–Crippen MR) is 241 cm³/mol. The van der Waals surface area contributed by atoms with Crippen LogP contribution in [0.15, 0.2) is 194 Å². The maximum absolute atomic E-state index is 2.34. The van der Waals surface area contributed by atoms with Crippen molar-refractivity contribution in [3.8, 4) is 22.3 Å². The van der Waals surface area contributed by atoms with E-state index in [0.717, 1.165) is 39.7 Å². The van der Waals surface area contributed by atoms with Gasteiger partial charge in [0.05, 0.1) is 0 Å². The van der Waals surface area contributed by atoms with Gasteiger partial charge in [0, 0.05) is 34.1 Å². The lowest BCUT2D eigenvalue weighted by Crippen LogP contribution is -2.10. The van der Waals surface area contributed by atoms with Crippen LogP contribution < -0.4 is 9.80 Å². The first-order valence-corrected chi connectivity index (χ1v) is 19.3. The Morgan fingerprint density at radius 2 is 0.661 bits per heavy atom. The Kier molecular flexibility index (Phi) is 10.5. The number of benzene rings is 8. The Bertz CT molecular complexity index is 2460. The molecular formula is C54H46N2. The molecule has 0 aromatic heterocycles. The fourth-order valence-electron chi connectivity index (χ4n) is 7.14. The van der Waals surface area contributed by atoms with E-state index in [-0.39, 0.29) is 0 Å². The van der Waals surface area contributed by atoms with Crippen molar-refractivity contribution < 1.29 is 0 Å². The van der Waals surface area contributed by atoms with E-state index in [4.69, 9.17) is 0 Å². The standard InChI is InChI=1S/C54H46N2/c1-39-10-27-48(28-11-39)55(49-29-12-40(2)13-30-49)52-35-24-45(25-36-52)44-21-18-43(19-22-44)20-23-47-26-37-53(38-54(47)46-8-6-5-7-9-46)56(50-31-14-41(3)15-32-50)51-33-16-42(4)17-34-51/h5-38H,1-4H3. The molecule has 0 aliphatic carbocycles. The summed E-state index contributed by atoms with van der Waals surface area (Å²) in [5, 5.41) is 0. The molecule has 2 nitrogen and oxygen atoms in total. The molecule has 0 radical (unpaired) electrons. The van der Waals surface area contributed by atoms with E-state index >= 15 is 0 Å². The fraction of sp³-hybridized carbons (Fsp3) is 0.0741. The summed E-state index contributed by atoms with van der Waals surface area (Å²) in [6, 6.07) is 70.2. The summed E-state index contributed by atoms with van der Waals surface area (Å²) in [5.74, 6) is 0. The van der Waals surface area contributed by atoms with Crippen molar-refractivity contribution in [2.75, 3.05) is 9.80 Å². The molecule has 8 rings (SSSR count). The van der Waals surface area contributed by atoms with E-state index in [2.05, 4.69) is 244 Å². The largest absolute Gasteiger partial charge is 0.311 e. The van der Waals surface area contributed by atoms with Crippen LogP contribution >= 0.6 is 0 Å². The Morgan fingerprint density at radius 1 is 0.304 bits per heavy atom. The monoisotopic (exact) mass is 722 g/mol. The highest BCUT2D eigenvalue weighted by molar-refractivity contribution is 5.87. The predicted octanol–water partition coefficient (Wildman–Crippen LogP) is 15.4. The van der Waals surface area contributed by atoms with Crippen molar-refractivity contribution >= 4 is 46.3 Å². The van der Waals surface area contributed by atoms with Gasteiger partial charge >= 0.3 is 0 Å². The first-order valence-electron chi connectivity index (χ1n) is 19.3. The Hall–Kier alpha value is -6.90. The molecule has 2 heteroatoms. The summed E-state index contributed by atoms with van der Waals surface area (Å²) in [7, 11) is 0. The zero-order valence-corrected chi connectivity index (χ0v) is 32.5. The van der Waals surface area contributed by atoms with Crippen LogP contribution in [-0.2, 0) is 0 Å². The molecule has 8 aromatic carbocycles. The number of hydrogen-bond donors (Lipinski definition) is 0. The van der Waals surface area contributed by atoms with Crippen LogP contribution in [0.25, 0.3) is 34.4 Å².